The summed E-state index contributed by atoms with van der Waals surface area (Å²) < 4.78 is 4.97. The van der Waals surface area contributed by atoms with Crippen molar-refractivity contribution in [1.29, 1.82) is 0 Å². The fraction of sp³-hybridized carbons (Fsp3) is 0.438. The maximum Gasteiger partial charge on any atom is 0.249 e. The Kier molecular flexibility index (Phi) is 4.20. The van der Waals surface area contributed by atoms with E-state index in [0.717, 1.165) is 42.2 Å². The van der Waals surface area contributed by atoms with Crippen LogP contribution in [0.5, 0.6) is 0 Å². The first kappa shape index (κ1) is 14.7. The van der Waals surface area contributed by atoms with Crippen LogP contribution in [0, 0.1) is 6.92 Å². The van der Waals surface area contributed by atoms with Gasteiger partial charge in [-0.05, 0) is 38.0 Å². The predicted octanol–water partition coefficient (Wildman–Crippen LogP) is 2.09. The van der Waals surface area contributed by atoms with E-state index in [-0.39, 0.29) is 18.6 Å². The third-order valence-corrected chi connectivity index (χ3v) is 3.92. The molecule has 0 aliphatic carbocycles. The van der Waals surface area contributed by atoms with Gasteiger partial charge in [0.25, 0.3) is 0 Å². The fourth-order valence-electron chi connectivity index (χ4n) is 2.91. The highest BCUT2D eigenvalue weighted by Gasteiger charge is 2.30. The summed E-state index contributed by atoms with van der Waals surface area (Å²) in [5.74, 6) is 0.0211. The molecule has 0 saturated carbocycles. The Labute approximate surface area is 129 Å². The number of methoxy groups -OCH3 is 1. The first-order valence-corrected chi connectivity index (χ1v) is 7.47. The van der Waals surface area contributed by atoms with Gasteiger partial charge in [0.1, 0.15) is 12.3 Å². The van der Waals surface area contributed by atoms with Crippen LogP contribution in [-0.4, -0.2) is 46.2 Å². The molecule has 1 atom stereocenters. The highest BCUT2D eigenvalue weighted by molar-refractivity contribution is 5.78. The van der Waals surface area contributed by atoms with Gasteiger partial charge in [0, 0.05) is 19.3 Å². The van der Waals surface area contributed by atoms with Crippen molar-refractivity contribution >= 4 is 5.91 Å². The molecule has 1 unspecified atom stereocenters. The van der Waals surface area contributed by atoms with Crippen LogP contribution in [0.3, 0.4) is 0 Å². The molecule has 1 saturated heterocycles. The minimum Gasteiger partial charge on any atom is -0.375 e. The summed E-state index contributed by atoms with van der Waals surface area (Å²) in [6.07, 6.45) is 1.93. The molecule has 0 spiro atoms. The molecule has 116 valence electrons. The normalized spacial score (nSPS) is 17.9. The highest BCUT2D eigenvalue weighted by Crippen LogP contribution is 2.31. The quantitative estimate of drug-likeness (QED) is 0.938. The lowest BCUT2D eigenvalue weighted by molar-refractivity contribution is -0.136. The number of rotatable bonds is 4. The topological polar surface area (TPSA) is 71.1 Å². The number of carbonyl (C=O) groups excluding carboxylic acids is 1. The van der Waals surface area contributed by atoms with Crippen LogP contribution >= 0.6 is 0 Å². The minimum absolute atomic E-state index is 0.0211. The Bertz CT molecular complexity index is 668. The molecule has 1 fully saturated rings. The molecule has 0 radical (unpaired) electrons. The minimum atomic E-state index is 0.0211. The molecular weight excluding hydrogens is 280 g/mol. The van der Waals surface area contributed by atoms with Gasteiger partial charge < -0.3 is 9.64 Å². The lowest BCUT2D eigenvalue weighted by Gasteiger charge is -2.24. The average molecular weight is 300 g/mol. The molecule has 1 N–H and O–H groups in total. The number of nitrogens with one attached hydrogen (secondary N) is 1. The maximum absolute atomic E-state index is 12.1. The third-order valence-electron chi connectivity index (χ3n) is 3.92. The van der Waals surface area contributed by atoms with Crippen molar-refractivity contribution in [3.05, 3.63) is 35.7 Å². The monoisotopic (exact) mass is 300 g/mol. The molecule has 6 heteroatoms. The number of nitrogens with zero attached hydrogens (tertiary/aromatic N) is 3. The standard InChI is InChI=1S/C16H20N4O2/c1-11-9-14(19-18-11)12-5-3-6-13(17-12)15-7-4-8-20(15)16(21)10-22-2/h3,5-6,9,15H,4,7-8,10H2,1-2H3,(H,18,19). The molecule has 1 aliphatic rings. The predicted molar refractivity (Wildman–Crippen MR) is 82.1 cm³/mol. The van der Waals surface area contributed by atoms with E-state index in [1.165, 1.54) is 0 Å². The fourth-order valence-corrected chi connectivity index (χ4v) is 2.91. The average Bonchev–Trinajstić information content (AvgIpc) is 3.16. The number of likely N-dealkylation sites (tertiary alicyclic amines) is 1. The van der Waals surface area contributed by atoms with Gasteiger partial charge in [0.05, 0.1) is 17.4 Å². The van der Waals surface area contributed by atoms with Gasteiger partial charge in [-0.1, -0.05) is 6.07 Å². The molecule has 2 aromatic heterocycles. The number of amides is 1. The summed E-state index contributed by atoms with van der Waals surface area (Å²) in [5, 5.41) is 7.18. The zero-order valence-electron chi connectivity index (χ0n) is 12.9. The third kappa shape index (κ3) is 2.87. The first-order chi connectivity index (χ1) is 10.7. The van der Waals surface area contributed by atoms with Crippen LogP contribution in [0.1, 0.15) is 30.3 Å². The first-order valence-electron chi connectivity index (χ1n) is 7.47. The molecule has 6 nitrogen and oxygen atoms in total. The summed E-state index contributed by atoms with van der Waals surface area (Å²) in [6, 6.07) is 7.89. The van der Waals surface area contributed by atoms with Crippen molar-refractivity contribution in [2.45, 2.75) is 25.8 Å². The van der Waals surface area contributed by atoms with Crippen LogP contribution < -0.4 is 0 Å². The van der Waals surface area contributed by atoms with E-state index < -0.39 is 0 Å². The van der Waals surface area contributed by atoms with Gasteiger partial charge in [-0.3, -0.25) is 9.89 Å². The lowest BCUT2D eigenvalue weighted by atomic mass is 10.1. The highest BCUT2D eigenvalue weighted by atomic mass is 16.5. The summed E-state index contributed by atoms with van der Waals surface area (Å²) >= 11 is 0. The molecule has 0 bridgehead atoms. The Morgan fingerprint density at radius 1 is 1.45 bits per heavy atom. The van der Waals surface area contributed by atoms with Crippen molar-refractivity contribution in [2.75, 3.05) is 20.3 Å². The van der Waals surface area contributed by atoms with Crippen LogP contribution in [0.2, 0.25) is 0 Å². The van der Waals surface area contributed by atoms with Gasteiger partial charge in [0.15, 0.2) is 0 Å². The number of aromatic amines is 1. The SMILES string of the molecule is COCC(=O)N1CCCC1c1cccc(-c2cc(C)[nH]n2)n1. The van der Waals surface area contributed by atoms with Gasteiger partial charge in [-0.25, -0.2) is 4.98 Å². The number of hydrogen-bond donors (Lipinski definition) is 1. The number of aryl methyl sites for hydroxylation is 1. The van der Waals surface area contributed by atoms with Gasteiger partial charge in [-0.15, -0.1) is 0 Å². The van der Waals surface area contributed by atoms with E-state index in [4.69, 9.17) is 9.72 Å². The van der Waals surface area contributed by atoms with Gasteiger partial charge >= 0.3 is 0 Å². The zero-order valence-corrected chi connectivity index (χ0v) is 12.9. The second kappa shape index (κ2) is 6.27. The molecule has 0 aromatic carbocycles. The lowest BCUT2D eigenvalue weighted by Crippen LogP contribution is -2.33. The van der Waals surface area contributed by atoms with Crippen molar-refractivity contribution in [3.63, 3.8) is 0 Å². The van der Waals surface area contributed by atoms with E-state index >= 15 is 0 Å². The molecule has 2 aromatic rings. The van der Waals surface area contributed by atoms with Crippen molar-refractivity contribution in [3.8, 4) is 11.4 Å². The van der Waals surface area contributed by atoms with E-state index in [2.05, 4.69) is 10.2 Å². The van der Waals surface area contributed by atoms with Crippen molar-refractivity contribution < 1.29 is 9.53 Å². The van der Waals surface area contributed by atoms with Crippen LogP contribution in [0.25, 0.3) is 11.4 Å². The van der Waals surface area contributed by atoms with E-state index in [9.17, 15) is 4.79 Å². The number of carbonyl (C=O) groups is 1. The number of ether oxygens (including phenoxy) is 1. The van der Waals surface area contributed by atoms with E-state index in [1.807, 2.05) is 36.1 Å². The molecular formula is C16H20N4O2. The Morgan fingerprint density at radius 3 is 3.05 bits per heavy atom. The summed E-state index contributed by atoms with van der Waals surface area (Å²) in [6.45, 7) is 2.84. The number of aromatic nitrogens is 3. The maximum atomic E-state index is 12.1. The number of pyridine rings is 1. The molecule has 1 amide bonds. The number of hydrogen-bond acceptors (Lipinski definition) is 4. The van der Waals surface area contributed by atoms with Crippen molar-refractivity contribution in [2.24, 2.45) is 0 Å². The summed E-state index contributed by atoms with van der Waals surface area (Å²) in [7, 11) is 1.54. The zero-order chi connectivity index (χ0) is 15.5. The second-order valence-corrected chi connectivity index (χ2v) is 5.56. The van der Waals surface area contributed by atoms with E-state index in [0.29, 0.717) is 0 Å². The number of H-pyrrole nitrogens is 1. The van der Waals surface area contributed by atoms with Crippen LogP contribution in [0.4, 0.5) is 0 Å². The largest absolute Gasteiger partial charge is 0.375 e. The molecule has 3 rings (SSSR count). The Morgan fingerprint density at radius 2 is 2.32 bits per heavy atom. The summed E-state index contributed by atoms with van der Waals surface area (Å²) in [4.78, 5) is 18.7. The second-order valence-electron chi connectivity index (χ2n) is 5.56. The van der Waals surface area contributed by atoms with Crippen LogP contribution in [-0.2, 0) is 9.53 Å². The van der Waals surface area contributed by atoms with Gasteiger partial charge in [-0.2, -0.15) is 5.10 Å². The Balaban J connectivity index is 1.86. The Hall–Kier alpha value is -2.21. The molecule has 22 heavy (non-hydrogen) atoms. The van der Waals surface area contributed by atoms with Crippen LogP contribution in [0.15, 0.2) is 24.3 Å². The van der Waals surface area contributed by atoms with Crippen molar-refractivity contribution in [1.82, 2.24) is 20.1 Å². The smallest absolute Gasteiger partial charge is 0.249 e. The van der Waals surface area contributed by atoms with E-state index in [1.54, 1.807) is 7.11 Å². The van der Waals surface area contributed by atoms with Gasteiger partial charge in [0.2, 0.25) is 5.91 Å². The summed E-state index contributed by atoms with van der Waals surface area (Å²) in [5.41, 5.74) is 3.57. The molecule has 3 heterocycles. The molecule has 1 aliphatic heterocycles.